The third-order valence-corrected chi connectivity index (χ3v) is 16.8. The van der Waals surface area contributed by atoms with E-state index in [-0.39, 0.29) is 31.1 Å². The molecule has 1 atom stereocenters. The number of allylic oxidation sites excluding steroid dienone is 8. The van der Waals surface area contributed by atoms with Gasteiger partial charge in [-0.3, -0.25) is 14.4 Å². The Morgan fingerprint density at radius 3 is 0.711 bits per heavy atom. The number of carbonyl (C=O) groups is 3. The lowest BCUT2D eigenvalue weighted by atomic mass is 10.0. The molecule has 0 aromatic carbocycles. The second-order valence-corrected chi connectivity index (χ2v) is 25.2. The van der Waals surface area contributed by atoms with Gasteiger partial charge in [0.2, 0.25) is 0 Å². The lowest BCUT2D eigenvalue weighted by Gasteiger charge is -2.18. The predicted octanol–water partition coefficient (Wildman–Crippen LogP) is 25.7. The summed E-state index contributed by atoms with van der Waals surface area (Å²) in [6.07, 6.45) is 91.6. The second-order valence-electron chi connectivity index (χ2n) is 25.2. The van der Waals surface area contributed by atoms with E-state index in [0.717, 1.165) is 89.9 Å². The first-order valence-electron chi connectivity index (χ1n) is 37.1. The number of hydrogen-bond acceptors (Lipinski definition) is 6. The van der Waals surface area contributed by atoms with Crippen LogP contribution in [-0.2, 0) is 28.6 Å². The van der Waals surface area contributed by atoms with Crippen molar-refractivity contribution in [3.05, 3.63) is 48.6 Å². The van der Waals surface area contributed by atoms with Gasteiger partial charge in [0.25, 0.3) is 0 Å². The third-order valence-electron chi connectivity index (χ3n) is 16.8. The van der Waals surface area contributed by atoms with Gasteiger partial charge in [0.15, 0.2) is 6.10 Å². The van der Waals surface area contributed by atoms with Crippen LogP contribution in [0.3, 0.4) is 0 Å². The van der Waals surface area contributed by atoms with Gasteiger partial charge in [0.1, 0.15) is 13.2 Å². The molecule has 0 aromatic heterocycles. The zero-order valence-electron chi connectivity index (χ0n) is 56.0. The van der Waals surface area contributed by atoms with Gasteiger partial charge in [-0.1, -0.05) is 358 Å². The largest absolute Gasteiger partial charge is 0.462 e. The van der Waals surface area contributed by atoms with E-state index in [2.05, 4.69) is 69.4 Å². The molecule has 0 spiro atoms. The van der Waals surface area contributed by atoms with Crippen LogP contribution in [0.4, 0.5) is 0 Å². The average Bonchev–Trinajstić information content (AvgIpc) is 3.49. The maximum Gasteiger partial charge on any atom is 0.306 e. The Morgan fingerprint density at radius 2 is 0.458 bits per heavy atom. The summed E-state index contributed by atoms with van der Waals surface area (Å²) in [6, 6.07) is 0. The molecule has 0 fully saturated rings. The highest BCUT2D eigenvalue weighted by atomic mass is 16.6. The van der Waals surface area contributed by atoms with Crippen LogP contribution in [0.15, 0.2) is 48.6 Å². The number of unbranched alkanes of at least 4 members (excludes halogenated alkanes) is 50. The normalized spacial score (nSPS) is 12.3. The molecule has 1 unspecified atom stereocenters. The molecule has 0 rings (SSSR count). The van der Waals surface area contributed by atoms with Crippen LogP contribution in [-0.4, -0.2) is 37.2 Å². The zero-order chi connectivity index (χ0) is 59.9. The van der Waals surface area contributed by atoms with E-state index < -0.39 is 6.10 Å². The molecule has 0 saturated heterocycles. The Hall–Kier alpha value is -2.63. The van der Waals surface area contributed by atoms with E-state index in [1.807, 2.05) is 0 Å². The van der Waals surface area contributed by atoms with Crippen LogP contribution in [0.25, 0.3) is 0 Å². The first-order chi connectivity index (χ1) is 41.0. The van der Waals surface area contributed by atoms with Crippen molar-refractivity contribution < 1.29 is 28.6 Å². The minimum absolute atomic E-state index is 0.0733. The van der Waals surface area contributed by atoms with Crippen molar-refractivity contribution in [1.82, 2.24) is 0 Å². The zero-order valence-corrected chi connectivity index (χ0v) is 56.0. The molecular weight excluding hydrogens is 1020 g/mol. The Morgan fingerprint density at radius 1 is 0.241 bits per heavy atom. The number of carbonyl (C=O) groups excluding carboxylic acids is 3. The predicted molar refractivity (Wildman–Crippen MR) is 362 cm³/mol. The molecule has 0 aliphatic rings. The van der Waals surface area contributed by atoms with Crippen molar-refractivity contribution >= 4 is 17.9 Å². The molecule has 0 heterocycles. The molecule has 0 aliphatic carbocycles. The highest BCUT2D eigenvalue weighted by Crippen LogP contribution is 2.19. The summed E-state index contributed by atoms with van der Waals surface area (Å²) in [5, 5.41) is 0. The van der Waals surface area contributed by atoms with Gasteiger partial charge in [0.05, 0.1) is 0 Å². The van der Waals surface area contributed by atoms with Crippen molar-refractivity contribution in [1.29, 1.82) is 0 Å². The number of ether oxygens (including phenoxy) is 3. The van der Waals surface area contributed by atoms with Crippen LogP contribution in [0.1, 0.15) is 406 Å². The molecule has 0 aliphatic heterocycles. The summed E-state index contributed by atoms with van der Waals surface area (Å²) < 4.78 is 17.0. The molecular formula is C77H142O6. The average molecular weight is 1160 g/mol. The van der Waals surface area contributed by atoms with E-state index in [1.54, 1.807) is 0 Å². The lowest BCUT2D eigenvalue weighted by Crippen LogP contribution is -2.30. The van der Waals surface area contributed by atoms with Gasteiger partial charge in [0, 0.05) is 19.3 Å². The molecule has 486 valence electrons. The van der Waals surface area contributed by atoms with Crippen LogP contribution >= 0.6 is 0 Å². The Bertz CT molecular complexity index is 1430. The van der Waals surface area contributed by atoms with Crippen LogP contribution in [0, 0.1) is 0 Å². The quantitative estimate of drug-likeness (QED) is 0.0261. The molecule has 0 N–H and O–H groups in total. The number of rotatable bonds is 69. The van der Waals surface area contributed by atoms with Crippen molar-refractivity contribution in [2.45, 2.75) is 412 Å². The number of hydrogen-bond donors (Lipinski definition) is 0. The van der Waals surface area contributed by atoms with E-state index in [4.69, 9.17) is 14.2 Å². The minimum atomic E-state index is -0.779. The molecule has 83 heavy (non-hydrogen) atoms. The van der Waals surface area contributed by atoms with Crippen molar-refractivity contribution in [3.63, 3.8) is 0 Å². The maximum atomic E-state index is 13.0. The summed E-state index contributed by atoms with van der Waals surface area (Å²) in [7, 11) is 0. The monoisotopic (exact) mass is 1160 g/mol. The Balaban J connectivity index is 4.20. The molecule has 6 heteroatoms. The molecule has 6 nitrogen and oxygen atoms in total. The van der Waals surface area contributed by atoms with Gasteiger partial charge < -0.3 is 14.2 Å². The van der Waals surface area contributed by atoms with Crippen LogP contribution in [0.5, 0.6) is 0 Å². The highest BCUT2D eigenvalue weighted by Gasteiger charge is 2.19. The van der Waals surface area contributed by atoms with E-state index >= 15 is 0 Å². The van der Waals surface area contributed by atoms with E-state index in [0.29, 0.717) is 19.3 Å². The third kappa shape index (κ3) is 70.0. The van der Waals surface area contributed by atoms with Gasteiger partial charge >= 0.3 is 17.9 Å². The fraction of sp³-hybridized carbons (Fsp3) is 0.857. The van der Waals surface area contributed by atoms with Crippen molar-refractivity contribution in [3.8, 4) is 0 Å². The lowest BCUT2D eigenvalue weighted by molar-refractivity contribution is -0.167. The SMILES string of the molecule is CCC/C=C\C/C=C\CCCCCCCC(=O)OCC(COC(=O)CCCCCCCCCCCCCCCCCCCCCCCCCCCCC)OC(=O)CCCCCCCCCCCCCCC/C=C\C/C=C\CCCCCCC. The van der Waals surface area contributed by atoms with E-state index in [9.17, 15) is 14.4 Å². The standard InChI is InChI=1S/C77H142O6/c1-4-7-10-13-16-19-22-25-27-29-31-33-35-37-38-40-41-43-45-47-49-52-55-58-61-64-67-70-76(79)82-73-74(72-81-75(78)69-66-63-60-57-54-51-24-21-18-15-12-9-6-3)83-77(80)71-68-65-62-59-56-53-50-48-46-44-42-39-36-34-32-30-28-26-23-20-17-14-11-8-5-2/h12,15,21,23-24,26,30,32,74H,4-11,13-14,16-20,22,25,27-29,31,33-73H2,1-3H3/b15-12-,24-21-,26-23-,32-30-. The van der Waals surface area contributed by atoms with Crippen LogP contribution in [0.2, 0.25) is 0 Å². The van der Waals surface area contributed by atoms with E-state index in [1.165, 1.54) is 276 Å². The summed E-state index contributed by atoms with van der Waals surface area (Å²) >= 11 is 0. The molecule has 0 amide bonds. The van der Waals surface area contributed by atoms with Gasteiger partial charge in [-0.15, -0.1) is 0 Å². The van der Waals surface area contributed by atoms with Gasteiger partial charge in [-0.2, -0.15) is 0 Å². The van der Waals surface area contributed by atoms with Crippen LogP contribution < -0.4 is 0 Å². The highest BCUT2D eigenvalue weighted by molar-refractivity contribution is 5.71. The molecule has 0 aromatic rings. The second kappa shape index (κ2) is 71.8. The first-order valence-corrected chi connectivity index (χ1v) is 37.1. The summed E-state index contributed by atoms with van der Waals surface area (Å²) in [4.78, 5) is 38.5. The summed E-state index contributed by atoms with van der Waals surface area (Å²) in [6.45, 7) is 6.63. The minimum Gasteiger partial charge on any atom is -0.462 e. The molecule has 0 bridgehead atoms. The molecule has 0 radical (unpaired) electrons. The fourth-order valence-corrected chi connectivity index (χ4v) is 11.2. The fourth-order valence-electron chi connectivity index (χ4n) is 11.2. The number of esters is 3. The topological polar surface area (TPSA) is 78.9 Å². The van der Waals surface area contributed by atoms with Gasteiger partial charge in [-0.25, -0.2) is 0 Å². The maximum absolute atomic E-state index is 13.0. The van der Waals surface area contributed by atoms with Crippen molar-refractivity contribution in [2.75, 3.05) is 13.2 Å². The smallest absolute Gasteiger partial charge is 0.306 e. The Kier molecular flexibility index (Phi) is 69.6. The molecule has 0 saturated carbocycles. The first kappa shape index (κ1) is 80.4. The summed E-state index contributed by atoms with van der Waals surface area (Å²) in [5.41, 5.74) is 0. The van der Waals surface area contributed by atoms with Crippen molar-refractivity contribution in [2.24, 2.45) is 0 Å². The Labute approximate surface area is 518 Å². The summed E-state index contributed by atoms with van der Waals surface area (Å²) in [5.74, 6) is -0.861. The van der Waals surface area contributed by atoms with Gasteiger partial charge in [-0.05, 0) is 77.0 Å².